The lowest BCUT2D eigenvalue weighted by Crippen LogP contribution is -2.47. The molecule has 184 valence electrons. The van der Waals surface area contributed by atoms with E-state index >= 15 is 0 Å². The number of urea groups is 1. The molecule has 0 spiro atoms. The molecular weight excluding hydrogens is 456 g/mol. The summed E-state index contributed by atoms with van der Waals surface area (Å²) in [6.45, 7) is 0.998. The fourth-order valence-electron chi connectivity index (χ4n) is 4.93. The molecule has 1 fully saturated rings. The molecule has 1 aliphatic heterocycles. The van der Waals surface area contributed by atoms with Crippen molar-refractivity contribution in [3.05, 3.63) is 78.5 Å². The summed E-state index contributed by atoms with van der Waals surface area (Å²) in [4.78, 5) is 31.6. The zero-order valence-corrected chi connectivity index (χ0v) is 20.0. The van der Waals surface area contributed by atoms with Crippen LogP contribution < -0.4 is 10.6 Å². The van der Waals surface area contributed by atoms with E-state index in [0.717, 1.165) is 36.1 Å². The van der Waals surface area contributed by atoms with E-state index in [0.29, 0.717) is 28.0 Å². The lowest BCUT2D eigenvalue weighted by atomic mass is 9.91. The van der Waals surface area contributed by atoms with Crippen molar-refractivity contribution in [2.75, 3.05) is 18.9 Å². The average molecular weight is 485 g/mol. The number of aromatic nitrogens is 3. The monoisotopic (exact) mass is 484 g/mol. The number of nitrogens with zero attached hydrogens (tertiary/aromatic N) is 4. The second-order valence-corrected chi connectivity index (χ2v) is 9.02. The number of piperidine rings is 1. The molecule has 2 aromatic heterocycles. The van der Waals surface area contributed by atoms with Crippen LogP contribution in [0.3, 0.4) is 0 Å². The molecular formula is C27H28N6O3. The molecule has 9 nitrogen and oxygen atoms in total. The van der Waals surface area contributed by atoms with Crippen molar-refractivity contribution in [3.63, 3.8) is 0 Å². The molecule has 2 amide bonds. The van der Waals surface area contributed by atoms with Gasteiger partial charge >= 0.3 is 12.1 Å². The molecule has 4 aromatic rings. The van der Waals surface area contributed by atoms with Crippen LogP contribution in [0.5, 0.6) is 0 Å². The van der Waals surface area contributed by atoms with Crippen LogP contribution in [0.1, 0.15) is 30.9 Å². The van der Waals surface area contributed by atoms with Crippen molar-refractivity contribution < 1.29 is 14.7 Å². The number of fused-ring (bicyclic) bond motifs is 1. The number of pyridine rings is 1. The molecule has 3 heterocycles. The topological polar surface area (TPSA) is 112 Å². The molecule has 0 radical (unpaired) electrons. The average Bonchev–Trinajstić information content (AvgIpc) is 3.28. The smallest absolute Gasteiger partial charge is 0.432 e. The van der Waals surface area contributed by atoms with Gasteiger partial charge in [-0.1, -0.05) is 42.8 Å². The van der Waals surface area contributed by atoms with Gasteiger partial charge in [0.25, 0.3) is 0 Å². The molecule has 9 heteroatoms. The Labute approximate surface area is 208 Å². The van der Waals surface area contributed by atoms with Gasteiger partial charge in [0.1, 0.15) is 5.69 Å². The third-order valence-electron chi connectivity index (χ3n) is 6.68. The van der Waals surface area contributed by atoms with Gasteiger partial charge in [-0.05, 0) is 62.3 Å². The molecule has 2 atom stereocenters. The first-order valence-corrected chi connectivity index (χ1v) is 12.0. The fraction of sp³-hybridized carbons (Fsp3) is 0.259. The van der Waals surface area contributed by atoms with E-state index in [2.05, 4.69) is 32.7 Å². The normalized spacial score (nSPS) is 17.0. The molecule has 0 unspecified atom stereocenters. The Morgan fingerprint density at radius 1 is 1.06 bits per heavy atom. The molecule has 36 heavy (non-hydrogen) atoms. The first kappa shape index (κ1) is 23.5. The summed E-state index contributed by atoms with van der Waals surface area (Å²) in [6, 6.07) is 20.1. The summed E-state index contributed by atoms with van der Waals surface area (Å²) in [5.74, 6) is 0. The van der Waals surface area contributed by atoms with Gasteiger partial charge < -0.3 is 20.6 Å². The number of carboxylic acid groups (broad SMARTS) is 1. The standard InChI is InChI=1S/C27H28N6O3/c1-32-16-8-6-12-23(32)24(18-9-3-2-4-10-18)30-26(34)29-19-13-14-22-20(17-19)25(31-33(22)27(35)36)21-11-5-7-15-28-21/h2-5,7,9-11,13-15,17,23-24H,6,8,12,16H2,1H3,(H,35,36)(H2,29,30,34)/t23-,24-/m1/s1. The molecule has 1 aliphatic rings. The van der Waals surface area contributed by atoms with Crippen molar-refractivity contribution in [2.24, 2.45) is 0 Å². The maximum absolute atomic E-state index is 13.2. The van der Waals surface area contributed by atoms with E-state index in [1.165, 1.54) is 0 Å². The first-order chi connectivity index (χ1) is 17.5. The third kappa shape index (κ3) is 4.78. The van der Waals surface area contributed by atoms with Crippen molar-refractivity contribution in [1.29, 1.82) is 0 Å². The highest BCUT2D eigenvalue weighted by Gasteiger charge is 2.30. The largest absolute Gasteiger partial charge is 0.463 e. The highest BCUT2D eigenvalue weighted by atomic mass is 16.4. The predicted octanol–water partition coefficient (Wildman–Crippen LogP) is 4.97. The number of carbonyl (C=O) groups excluding carboxylic acids is 1. The van der Waals surface area contributed by atoms with Crippen molar-refractivity contribution >= 4 is 28.7 Å². The quantitative estimate of drug-likeness (QED) is 0.369. The molecule has 0 saturated carbocycles. The molecule has 2 aromatic carbocycles. The molecule has 5 rings (SSSR count). The van der Waals surface area contributed by atoms with Crippen LogP contribution in [0.25, 0.3) is 22.3 Å². The van der Waals surface area contributed by atoms with Gasteiger partial charge in [0.2, 0.25) is 0 Å². The van der Waals surface area contributed by atoms with Crippen molar-refractivity contribution in [2.45, 2.75) is 31.3 Å². The van der Waals surface area contributed by atoms with Crippen LogP contribution in [-0.4, -0.2) is 56.5 Å². The zero-order chi connectivity index (χ0) is 25.1. The number of hydrogen-bond donors (Lipinski definition) is 3. The Hall–Kier alpha value is -4.24. The minimum absolute atomic E-state index is 0.168. The number of likely N-dealkylation sites (N-methyl/N-ethyl adjacent to an activating group) is 1. The van der Waals surface area contributed by atoms with Gasteiger partial charge in [-0.25, -0.2) is 9.59 Å². The Balaban J connectivity index is 1.43. The number of hydrogen-bond acceptors (Lipinski definition) is 5. The van der Waals surface area contributed by atoms with E-state index in [9.17, 15) is 14.7 Å². The van der Waals surface area contributed by atoms with Crippen LogP contribution >= 0.6 is 0 Å². The summed E-state index contributed by atoms with van der Waals surface area (Å²) >= 11 is 0. The van der Waals surface area contributed by atoms with Crippen LogP contribution in [0, 0.1) is 0 Å². The molecule has 0 bridgehead atoms. The van der Waals surface area contributed by atoms with Gasteiger partial charge in [-0.3, -0.25) is 4.98 Å². The number of rotatable bonds is 5. The summed E-state index contributed by atoms with van der Waals surface area (Å²) in [7, 11) is 2.10. The molecule has 0 aliphatic carbocycles. The van der Waals surface area contributed by atoms with Crippen molar-refractivity contribution in [3.8, 4) is 11.4 Å². The van der Waals surface area contributed by atoms with Crippen LogP contribution in [0.15, 0.2) is 72.9 Å². The van der Waals surface area contributed by atoms with Gasteiger partial charge in [0.05, 0.1) is 17.3 Å². The third-order valence-corrected chi connectivity index (χ3v) is 6.68. The lowest BCUT2D eigenvalue weighted by Gasteiger charge is -2.38. The SMILES string of the molecule is CN1CCCC[C@@H]1[C@H](NC(=O)Nc1ccc2c(c1)c(-c1ccccn1)nn2C(=O)O)c1ccccc1. The van der Waals surface area contributed by atoms with E-state index < -0.39 is 6.09 Å². The number of amides is 2. The zero-order valence-electron chi connectivity index (χ0n) is 20.0. The highest BCUT2D eigenvalue weighted by molar-refractivity contribution is 6.00. The van der Waals surface area contributed by atoms with Gasteiger partial charge in [0.15, 0.2) is 0 Å². The number of likely N-dealkylation sites (tertiary alicyclic amines) is 1. The van der Waals surface area contributed by atoms with Crippen LogP contribution in [0.4, 0.5) is 15.3 Å². The van der Waals surface area contributed by atoms with Gasteiger partial charge in [-0.2, -0.15) is 9.78 Å². The lowest BCUT2D eigenvalue weighted by molar-refractivity contribution is 0.147. The summed E-state index contributed by atoms with van der Waals surface area (Å²) in [6.07, 6.45) is 3.72. The van der Waals surface area contributed by atoms with Crippen LogP contribution in [0.2, 0.25) is 0 Å². The van der Waals surface area contributed by atoms with E-state index in [4.69, 9.17) is 0 Å². The summed E-state index contributed by atoms with van der Waals surface area (Å²) in [5, 5.41) is 20.6. The second kappa shape index (κ2) is 10.2. The van der Waals surface area contributed by atoms with E-state index in [-0.39, 0.29) is 18.1 Å². The number of carbonyl (C=O) groups is 2. The maximum Gasteiger partial charge on any atom is 0.432 e. The minimum Gasteiger partial charge on any atom is -0.463 e. The maximum atomic E-state index is 13.2. The minimum atomic E-state index is -1.19. The first-order valence-electron chi connectivity index (χ1n) is 12.0. The Bertz CT molecular complexity index is 1370. The predicted molar refractivity (Wildman–Crippen MR) is 138 cm³/mol. The Morgan fingerprint density at radius 2 is 1.86 bits per heavy atom. The second-order valence-electron chi connectivity index (χ2n) is 9.02. The number of nitrogens with one attached hydrogen (secondary N) is 2. The van der Waals surface area contributed by atoms with E-state index in [1.807, 2.05) is 36.4 Å². The van der Waals surface area contributed by atoms with Crippen molar-refractivity contribution in [1.82, 2.24) is 25.0 Å². The fourth-order valence-corrected chi connectivity index (χ4v) is 4.93. The van der Waals surface area contributed by atoms with Gasteiger partial charge in [-0.15, -0.1) is 0 Å². The highest BCUT2D eigenvalue weighted by Crippen LogP contribution is 2.30. The Morgan fingerprint density at radius 3 is 2.58 bits per heavy atom. The number of benzene rings is 2. The molecule has 3 N–H and O–H groups in total. The Kier molecular flexibility index (Phi) is 6.64. The molecule has 1 saturated heterocycles. The van der Waals surface area contributed by atoms with E-state index in [1.54, 1.807) is 36.5 Å². The van der Waals surface area contributed by atoms with Crippen LogP contribution in [-0.2, 0) is 0 Å². The van der Waals surface area contributed by atoms with Gasteiger partial charge in [0, 0.05) is 23.3 Å². The summed E-state index contributed by atoms with van der Waals surface area (Å²) < 4.78 is 0.924. The number of anilines is 1. The summed E-state index contributed by atoms with van der Waals surface area (Å²) in [5.41, 5.74) is 2.99.